The molecule has 0 saturated carbocycles. The van der Waals surface area contributed by atoms with Crippen molar-refractivity contribution >= 4 is 11.9 Å². The van der Waals surface area contributed by atoms with E-state index in [0.29, 0.717) is 19.3 Å². The molecule has 3 unspecified atom stereocenters. The maximum atomic E-state index is 13.1. The van der Waals surface area contributed by atoms with E-state index < -0.39 is 18.2 Å². The molecule has 0 aliphatic rings. The number of esters is 1. The summed E-state index contributed by atoms with van der Waals surface area (Å²) in [4.78, 5) is 26.0. The Bertz CT molecular complexity index is 930. The Balaban J connectivity index is 4.46. The van der Waals surface area contributed by atoms with Crippen molar-refractivity contribution in [2.24, 2.45) is 0 Å². The van der Waals surface area contributed by atoms with E-state index in [2.05, 4.69) is 62.5 Å². The first-order valence-corrected chi connectivity index (χ1v) is 24.2. The van der Waals surface area contributed by atoms with E-state index in [1.54, 1.807) is 0 Å². The van der Waals surface area contributed by atoms with Crippen LogP contribution in [-0.2, 0) is 14.3 Å². The van der Waals surface area contributed by atoms with Gasteiger partial charge in [0, 0.05) is 6.42 Å². The molecular formula is C50H93NO5. The summed E-state index contributed by atoms with van der Waals surface area (Å²) in [6, 6.07) is -0.698. The van der Waals surface area contributed by atoms with Crippen molar-refractivity contribution in [2.45, 2.75) is 264 Å². The van der Waals surface area contributed by atoms with Gasteiger partial charge in [-0.3, -0.25) is 9.59 Å². The number of hydrogen-bond donors (Lipinski definition) is 3. The molecule has 0 aliphatic carbocycles. The van der Waals surface area contributed by atoms with Gasteiger partial charge < -0.3 is 20.3 Å². The van der Waals surface area contributed by atoms with Crippen LogP contribution < -0.4 is 5.32 Å². The first-order valence-electron chi connectivity index (χ1n) is 24.2. The fraction of sp³-hybridized carbons (Fsp3) is 0.840. The van der Waals surface area contributed by atoms with Crippen LogP contribution in [0, 0.1) is 0 Å². The highest BCUT2D eigenvalue weighted by Gasteiger charge is 2.24. The monoisotopic (exact) mass is 788 g/mol. The van der Waals surface area contributed by atoms with E-state index in [1.165, 1.54) is 128 Å². The van der Waals surface area contributed by atoms with Crippen LogP contribution in [0.2, 0.25) is 0 Å². The highest BCUT2D eigenvalue weighted by molar-refractivity contribution is 5.77. The Hall–Kier alpha value is -1.92. The minimum atomic E-state index is -0.784. The number of aliphatic hydroxyl groups is 2. The van der Waals surface area contributed by atoms with Gasteiger partial charge in [0.2, 0.25) is 5.91 Å². The molecule has 0 rings (SSSR count). The fourth-order valence-electron chi connectivity index (χ4n) is 7.26. The molecule has 6 nitrogen and oxygen atoms in total. The van der Waals surface area contributed by atoms with Gasteiger partial charge in [0.1, 0.15) is 6.10 Å². The third-order valence-corrected chi connectivity index (χ3v) is 11.0. The smallest absolute Gasteiger partial charge is 0.306 e. The van der Waals surface area contributed by atoms with Crippen molar-refractivity contribution < 1.29 is 24.5 Å². The van der Waals surface area contributed by atoms with Gasteiger partial charge in [-0.1, -0.05) is 205 Å². The predicted molar refractivity (Wildman–Crippen MR) is 241 cm³/mol. The molecule has 0 spiro atoms. The lowest BCUT2D eigenvalue weighted by molar-refractivity contribution is -0.151. The second kappa shape index (κ2) is 44.2. The zero-order valence-electron chi connectivity index (χ0n) is 37.3. The summed E-state index contributed by atoms with van der Waals surface area (Å²) in [5.74, 6) is -0.485. The van der Waals surface area contributed by atoms with Crippen molar-refractivity contribution in [2.75, 3.05) is 6.61 Å². The van der Waals surface area contributed by atoms with Gasteiger partial charge in [0.15, 0.2) is 0 Å². The van der Waals surface area contributed by atoms with E-state index in [-0.39, 0.29) is 24.9 Å². The summed E-state index contributed by atoms with van der Waals surface area (Å²) in [5, 5.41) is 23.6. The topological polar surface area (TPSA) is 95.9 Å². The SMILES string of the molecule is CCCCC/C=C\C/C=C\C/C=C\CCCCCCCCC(=O)OC(CCCCCCCCCCC)CC(=O)NC(CO)C(O)CCCCCCCCCCC. The standard InChI is InChI=1S/C50H93NO5/c1-4-7-10-13-16-19-20-21-22-23-24-25-26-27-28-31-34-37-40-43-50(55)56-46(41-38-35-32-29-17-14-11-8-5-2)44-49(54)51-47(45-52)48(53)42-39-36-33-30-18-15-12-9-6-3/h16,19,21-22,24-25,46-48,52-53H,4-15,17-18,20,23,26-45H2,1-3H3,(H,51,54)/b19-16-,22-21-,25-24-. The van der Waals surface area contributed by atoms with E-state index in [1.807, 2.05) is 0 Å². The third kappa shape index (κ3) is 38.9. The molecule has 0 radical (unpaired) electrons. The zero-order chi connectivity index (χ0) is 41.0. The summed E-state index contributed by atoms with van der Waals surface area (Å²) in [6.07, 6.45) is 50.6. The van der Waals surface area contributed by atoms with Crippen LogP contribution in [0.4, 0.5) is 0 Å². The molecule has 328 valence electrons. The van der Waals surface area contributed by atoms with Crippen LogP contribution in [0.15, 0.2) is 36.5 Å². The highest BCUT2D eigenvalue weighted by Crippen LogP contribution is 2.17. The highest BCUT2D eigenvalue weighted by atomic mass is 16.5. The Morgan fingerprint density at radius 1 is 0.518 bits per heavy atom. The number of amides is 1. The summed E-state index contributed by atoms with van der Waals surface area (Å²) in [7, 11) is 0. The van der Waals surface area contributed by atoms with E-state index >= 15 is 0 Å². The molecule has 0 fully saturated rings. The molecule has 3 atom stereocenters. The Morgan fingerprint density at radius 2 is 0.911 bits per heavy atom. The van der Waals surface area contributed by atoms with Crippen molar-refractivity contribution in [1.82, 2.24) is 5.32 Å². The Kier molecular flexibility index (Phi) is 42.7. The lowest BCUT2D eigenvalue weighted by atomic mass is 10.0. The molecule has 0 bridgehead atoms. The molecular weight excluding hydrogens is 695 g/mol. The average Bonchev–Trinajstić information content (AvgIpc) is 3.19. The summed E-state index contributed by atoms with van der Waals surface area (Å²) < 4.78 is 5.90. The molecule has 0 aliphatic heterocycles. The summed E-state index contributed by atoms with van der Waals surface area (Å²) >= 11 is 0. The maximum absolute atomic E-state index is 13.1. The van der Waals surface area contributed by atoms with Crippen LogP contribution in [0.25, 0.3) is 0 Å². The number of rotatable bonds is 43. The molecule has 6 heteroatoms. The molecule has 3 N–H and O–H groups in total. The predicted octanol–water partition coefficient (Wildman–Crippen LogP) is 14.1. The second-order valence-corrected chi connectivity index (χ2v) is 16.5. The molecule has 0 aromatic carbocycles. The maximum Gasteiger partial charge on any atom is 0.306 e. The van der Waals surface area contributed by atoms with E-state index in [4.69, 9.17) is 4.74 Å². The Morgan fingerprint density at radius 3 is 1.41 bits per heavy atom. The Labute approximate surface area is 347 Å². The molecule has 0 aromatic heterocycles. The van der Waals surface area contributed by atoms with Crippen molar-refractivity contribution in [3.63, 3.8) is 0 Å². The van der Waals surface area contributed by atoms with Gasteiger partial charge >= 0.3 is 5.97 Å². The molecule has 0 aromatic rings. The number of unbranched alkanes of at least 4 members (excludes halogenated alkanes) is 25. The van der Waals surface area contributed by atoms with E-state index in [0.717, 1.165) is 70.6 Å². The fourth-order valence-corrected chi connectivity index (χ4v) is 7.26. The molecule has 56 heavy (non-hydrogen) atoms. The quantitative estimate of drug-likeness (QED) is 0.0325. The van der Waals surface area contributed by atoms with Crippen LogP contribution in [0.3, 0.4) is 0 Å². The number of nitrogens with one attached hydrogen (secondary N) is 1. The van der Waals surface area contributed by atoms with Crippen molar-refractivity contribution in [3.05, 3.63) is 36.5 Å². The number of hydrogen-bond acceptors (Lipinski definition) is 5. The molecule has 1 amide bonds. The van der Waals surface area contributed by atoms with Gasteiger partial charge in [0.25, 0.3) is 0 Å². The van der Waals surface area contributed by atoms with Crippen LogP contribution in [-0.4, -0.2) is 46.9 Å². The van der Waals surface area contributed by atoms with Crippen LogP contribution >= 0.6 is 0 Å². The van der Waals surface area contributed by atoms with E-state index in [9.17, 15) is 19.8 Å². The summed E-state index contributed by atoms with van der Waals surface area (Å²) in [6.45, 7) is 6.42. The number of carbonyl (C=O) groups excluding carboxylic acids is 2. The van der Waals surface area contributed by atoms with Gasteiger partial charge in [-0.15, -0.1) is 0 Å². The number of ether oxygens (including phenoxy) is 1. The first-order chi connectivity index (χ1) is 27.5. The molecule has 0 heterocycles. The van der Waals surface area contributed by atoms with Crippen LogP contribution in [0.1, 0.15) is 245 Å². The summed E-state index contributed by atoms with van der Waals surface area (Å²) in [5.41, 5.74) is 0. The molecule has 0 saturated heterocycles. The number of aliphatic hydroxyl groups excluding tert-OH is 2. The van der Waals surface area contributed by atoms with Crippen molar-refractivity contribution in [3.8, 4) is 0 Å². The lowest BCUT2D eigenvalue weighted by Gasteiger charge is -2.24. The van der Waals surface area contributed by atoms with Gasteiger partial charge in [0.05, 0.1) is 25.2 Å². The van der Waals surface area contributed by atoms with Gasteiger partial charge in [-0.2, -0.15) is 0 Å². The number of carbonyl (C=O) groups is 2. The second-order valence-electron chi connectivity index (χ2n) is 16.5. The largest absolute Gasteiger partial charge is 0.462 e. The third-order valence-electron chi connectivity index (χ3n) is 11.0. The average molecular weight is 788 g/mol. The van der Waals surface area contributed by atoms with Gasteiger partial charge in [-0.05, 0) is 64.2 Å². The lowest BCUT2D eigenvalue weighted by Crippen LogP contribution is -2.46. The minimum Gasteiger partial charge on any atom is -0.462 e. The number of allylic oxidation sites excluding steroid dienone is 6. The zero-order valence-corrected chi connectivity index (χ0v) is 37.3. The normalized spacial score (nSPS) is 13.6. The van der Waals surface area contributed by atoms with Gasteiger partial charge in [-0.25, -0.2) is 0 Å². The van der Waals surface area contributed by atoms with Crippen molar-refractivity contribution in [1.29, 1.82) is 0 Å². The first kappa shape index (κ1) is 54.1. The van der Waals surface area contributed by atoms with Crippen LogP contribution in [0.5, 0.6) is 0 Å². The minimum absolute atomic E-state index is 0.0747.